The third-order valence-corrected chi connectivity index (χ3v) is 4.92. The third-order valence-electron chi connectivity index (χ3n) is 4.43. The van der Waals surface area contributed by atoms with Crippen LogP contribution in [-0.2, 0) is 6.54 Å². The highest BCUT2D eigenvalue weighted by Gasteiger charge is 2.16. The average molecular weight is 400 g/mol. The summed E-state index contributed by atoms with van der Waals surface area (Å²) in [5.74, 6) is 0.911. The quantitative estimate of drug-likeness (QED) is 0.744. The lowest BCUT2D eigenvalue weighted by atomic mass is 10.1. The monoisotopic (exact) mass is 399 g/mol. The molecule has 0 bridgehead atoms. The molecule has 3 rings (SSSR count). The average Bonchev–Trinajstić information content (AvgIpc) is 2.64. The lowest BCUT2D eigenvalue weighted by Gasteiger charge is -2.34. The predicted molar refractivity (Wildman–Crippen MR) is 103 cm³/mol. The van der Waals surface area contributed by atoms with Gasteiger partial charge in [0.15, 0.2) is 0 Å². The second-order valence-electron chi connectivity index (χ2n) is 6.23. The standard InChI is InChI=1S/C20H22BrN3O/c21-19-2-1-3-20(14-19)25-13-12-23-8-10-24(11-9-23)16-18-6-4-17(15-22)5-7-18/h1-7,14H,8-13,16H2. The normalized spacial score (nSPS) is 15.7. The summed E-state index contributed by atoms with van der Waals surface area (Å²) in [6.07, 6.45) is 0. The topological polar surface area (TPSA) is 39.5 Å². The van der Waals surface area contributed by atoms with Crippen LogP contribution in [0.5, 0.6) is 5.75 Å². The minimum absolute atomic E-state index is 0.714. The van der Waals surface area contributed by atoms with Crippen molar-refractivity contribution in [2.75, 3.05) is 39.3 Å². The van der Waals surface area contributed by atoms with Crippen LogP contribution >= 0.6 is 15.9 Å². The SMILES string of the molecule is N#Cc1ccc(CN2CCN(CCOc3cccc(Br)c3)CC2)cc1. The van der Waals surface area contributed by atoms with Gasteiger partial charge in [-0.05, 0) is 35.9 Å². The first-order valence-electron chi connectivity index (χ1n) is 8.55. The van der Waals surface area contributed by atoms with Crippen LogP contribution in [0.15, 0.2) is 53.0 Å². The van der Waals surface area contributed by atoms with Crippen molar-refractivity contribution in [3.8, 4) is 11.8 Å². The molecule has 1 aliphatic rings. The van der Waals surface area contributed by atoms with E-state index in [1.54, 1.807) is 0 Å². The van der Waals surface area contributed by atoms with E-state index in [1.165, 1.54) is 5.56 Å². The van der Waals surface area contributed by atoms with Crippen LogP contribution in [0.3, 0.4) is 0 Å². The van der Waals surface area contributed by atoms with Crippen molar-refractivity contribution in [2.45, 2.75) is 6.54 Å². The number of nitriles is 1. The molecule has 2 aromatic rings. The van der Waals surface area contributed by atoms with Gasteiger partial charge in [0.1, 0.15) is 12.4 Å². The predicted octanol–water partition coefficient (Wildman–Crippen LogP) is 3.52. The first kappa shape index (κ1) is 17.9. The summed E-state index contributed by atoms with van der Waals surface area (Å²) in [5.41, 5.74) is 1.99. The van der Waals surface area contributed by atoms with E-state index in [9.17, 15) is 0 Å². The van der Waals surface area contributed by atoms with Crippen molar-refractivity contribution >= 4 is 15.9 Å². The maximum absolute atomic E-state index is 8.86. The van der Waals surface area contributed by atoms with Crippen molar-refractivity contribution in [1.29, 1.82) is 5.26 Å². The van der Waals surface area contributed by atoms with E-state index in [-0.39, 0.29) is 0 Å². The maximum Gasteiger partial charge on any atom is 0.120 e. The Hall–Kier alpha value is -1.87. The zero-order valence-corrected chi connectivity index (χ0v) is 15.8. The molecule has 1 fully saturated rings. The number of nitrogens with zero attached hydrogens (tertiary/aromatic N) is 3. The van der Waals surface area contributed by atoms with Gasteiger partial charge < -0.3 is 4.74 Å². The number of hydrogen-bond donors (Lipinski definition) is 0. The number of ether oxygens (including phenoxy) is 1. The summed E-state index contributed by atoms with van der Waals surface area (Å²) in [6.45, 7) is 6.89. The summed E-state index contributed by atoms with van der Waals surface area (Å²) in [5, 5.41) is 8.86. The Morgan fingerprint density at radius 2 is 1.72 bits per heavy atom. The Balaban J connectivity index is 1.37. The van der Waals surface area contributed by atoms with E-state index in [2.05, 4.69) is 43.9 Å². The van der Waals surface area contributed by atoms with E-state index in [4.69, 9.17) is 10.00 Å². The van der Waals surface area contributed by atoms with Gasteiger partial charge in [-0.2, -0.15) is 5.26 Å². The Bertz CT molecular complexity index is 718. The van der Waals surface area contributed by atoms with Gasteiger partial charge in [0.25, 0.3) is 0 Å². The molecule has 0 aromatic heterocycles. The molecule has 25 heavy (non-hydrogen) atoms. The fourth-order valence-electron chi connectivity index (χ4n) is 2.96. The summed E-state index contributed by atoms with van der Waals surface area (Å²) >= 11 is 3.46. The second kappa shape index (κ2) is 9.00. The summed E-state index contributed by atoms with van der Waals surface area (Å²) < 4.78 is 6.87. The second-order valence-corrected chi connectivity index (χ2v) is 7.15. The van der Waals surface area contributed by atoms with Crippen LogP contribution in [-0.4, -0.2) is 49.1 Å². The van der Waals surface area contributed by atoms with Gasteiger partial charge >= 0.3 is 0 Å². The molecule has 2 aromatic carbocycles. The number of hydrogen-bond acceptors (Lipinski definition) is 4. The van der Waals surface area contributed by atoms with Crippen molar-refractivity contribution in [2.24, 2.45) is 0 Å². The molecule has 0 saturated carbocycles. The molecule has 0 spiro atoms. The maximum atomic E-state index is 8.86. The number of rotatable bonds is 6. The number of piperazine rings is 1. The van der Waals surface area contributed by atoms with Gasteiger partial charge in [0.2, 0.25) is 0 Å². The minimum atomic E-state index is 0.714. The molecule has 0 unspecified atom stereocenters. The fraction of sp³-hybridized carbons (Fsp3) is 0.350. The lowest BCUT2D eigenvalue weighted by Crippen LogP contribution is -2.47. The summed E-state index contributed by atoms with van der Waals surface area (Å²) in [6, 6.07) is 18.0. The van der Waals surface area contributed by atoms with Crippen molar-refractivity contribution < 1.29 is 4.74 Å². The third kappa shape index (κ3) is 5.57. The van der Waals surface area contributed by atoms with Crippen LogP contribution in [0.2, 0.25) is 0 Å². The highest BCUT2D eigenvalue weighted by molar-refractivity contribution is 9.10. The number of benzene rings is 2. The highest BCUT2D eigenvalue weighted by atomic mass is 79.9. The van der Waals surface area contributed by atoms with Crippen molar-refractivity contribution in [3.63, 3.8) is 0 Å². The van der Waals surface area contributed by atoms with E-state index in [1.807, 2.05) is 36.4 Å². The van der Waals surface area contributed by atoms with E-state index in [0.717, 1.165) is 55.1 Å². The Kier molecular flexibility index (Phi) is 6.46. The minimum Gasteiger partial charge on any atom is -0.492 e. The largest absolute Gasteiger partial charge is 0.492 e. The van der Waals surface area contributed by atoms with Gasteiger partial charge in [0, 0.05) is 43.7 Å². The van der Waals surface area contributed by atoms with Crippen LogP contribution in [0.4, 0.5) is 0 Å². The first-order chi connectivity index (χ1) is 12.2. The molecule has 1 heterocycles. The van der Waals surface area contributed by atoms with E-state index in [0.29, 0.717) is 6.61 Å². The molecular formula is C20H22BrN3O. The van der Waals surface area contributed by atoms with Crippen LogP contribution in [0.1, 0.15) is 11.1 Å². The van der Waals surface area contributed by atoms with Gasteiger partial charge in [-0.15, -0.1) is 0 Å². The van der Waals surface area contributed by atoms with Crippen molar-refractivity contribution in [3.05, 3.63) is 64.1 Å². The molecule has 0 amide bonds. The van der Waals surface area contributed by atoms with Gasteiger partial charge in [-0.3, -0.25) is 9.80 Å². The van der Waals surface area contributed by atoms with Crippen LogP contribution in [0, 0.1) is 11.3 Å². The highest BCUT2D eigenvalue weighted by Crippen LogP contribution is 2.17. The molecule has 1 aliphatic heterocycles. The first-order valence-corrected chi connectivity index (χ1v) is 9.34. The Morgan fingerprint density at radius 3 is 2.40 bits per heavy atom. The molecule has 0 N–H and O–H groups in total. The smallest absolute Gasteiger partial charge is 0.120 e. The molecule has 0 aliphatic carbocycles. The molecule has 130 valence electrons. The summed E-state index contributed by atoms with van der Waals surface area (Å²) in [7, 11) is 0. The molecule has 0 radical (unpaired) electrons. The fourth-order valence-corrected chi connectivity index (χ4v) is 3.34. The molecule has 1 saturated heterocycles. The van der Waals surface area contributed by atoms with Crippen LogP contribution < -0.4 is 4.74 Å². The van der Waals surface area contributed by atoms with Crippen LogP contribution in [0.25, 0.3) is 0 Å². The van der Waals surface area contributed by atoms with Gasteiger partial charge in [0.05, 0.1) is 11.6 Å². The van der Waals surface area contributed by atoms with Gasteiger partial charge in [-0.25, -0.2) is 0 Å². The van der Waals surface area contributed by atoms with Gasteiger partial charge in [-0.1, -0.05) is 34.1 Å². The molecule has 0 atom stereocenters. The van der Waals surface area contributed by atoms with Crippen molar-refractivity contribution in [1.82, 2.24) is 9.80 Å². The van der Waals surface area contributed by atoms with E-state index >= 15 is 0 Å². The zero-order chi connectivity index (χ0) is 17.5. The lowest BCUT2D eigenvalue weighted by molar-refractivity contribution is 0.112. The Morgan fingerprint density at radius 1 is 1.00 bits per heavy atom. The Labute approximate surface area is 157 Å². The molecular weight excluding hydrogens is 378 g/mol. The summed E-state index contributed by atoms with van der Waals surface area (Å²) in [4.78, 5) is 4.92. The van der Waals surface area contributed by atoms with E-state index < -0.39 is 0 Å². The molecule has 4 nitrogen and oxygen atoms in total. The molecule has 5 heteroatoms. The number of halogens is 1. The zero-order valence-electron chi connectivity index (χ0n) is 14.2.